The van der Waals surface area contributed by atoms with E-state index in [0.29, 0.717) is 16.8 Å². The summed E-state index contributed by atoms with van der Waals surface area (Å²) in [6.07, 6.45) is 0. The first-order chi connectivity index (χ1) is 6.85. The van der Waals surface area contributed by atoms with Crippen LogP contribution in [0.15, 0.2) is 12.1 Å². The Kier molecular flexibility index (Phi) is 3.24. The van der Waals surface area contributed by atoms with Crippen LogP contribution in [-0.2, 0) is 10.0 Å². The van der Waals surface area contributed by atoms with Crippen LogP contribution in [0.5, 0.6) is 5.75 Å². The normalized spacial score (nSPS) is 11.4. The fourth-order valence-electron chi connectivity index (χ4n) is 1.27. The van der Waals surface area contributed by atoms with Crippen LogP contribution in [0.4, 0.5) is 5.69 Å². The van der Waals surface area contributed by atoms with Crippen molar-refractivity contribution in [2.75, 3.05) is 10.5 Å². The van der Waals surface area contributed by atoms with Crippen LogP contribution in [0.2, 0.25) is 0 Å². The highest BCUT2D eigenvalue weighted by atomic mass is 32.2. The fraction of sp³-hybridized carbons (Fsp3) is 0.400. The van der Waals surface area contributed by atoms with Gasteiger partial charge in [-0.25, -0.2) is 8.42 Å². The molecule has 0 spiro atoms. The number of aromatic hydroxyl groups is 1. The number of anilines is 1. The second kappa shape index (κ2) is 4.10. The maximum Gasteiger partial charge on any atom is 0.232 e. The first-order valence-electron chi connectivity index (χ1n) is 4.66. The summed E-state index contributed by atoms with van der Waals surface area (Å²) in [7, 11) is -3.25. The van der Waals surface area contributed by atoms with Crippen molar-refractivity contribution in [3.63, 3.8) is 0 Å². The summed E-state index contributed by atoms with van der Waals surface area (Å²) in [6.45, 7) is 5.03. The Morgan fingerprint density at radius 3 is 2.13 bits per heavy atom. The first-order valence-corrected chi connectivity index (χ1v) is 6.31. The van der Waals surface area contributed by atoms with E-state index < -0.39 is 10.0 Å². The Morgan fingerprint density at radius 1 is 1.27 bits per heavy atom. The van der Waals surface area contributed by atoms with Crippen molar-refractivity contribution < 1.29 is 13.5 Å². The molecule has 0 aliphatic rings. The van der Waals surface area contributed by atoms with Crippen LogP contribution in [0.1, 0.15) is 18.1 Å². The lowest BCUT2D eigenvalue weighted by Crippen LogP contribution is -2.14. The fourth-order valence-corrected chi connectivity index (χ4v) is 1.89. The summed E-state index contributed by atoms with van der Waals surface area (Å²) < 4.78 is 25.0. The summed E-state index contributed by atoms with van der Waals surface area (Å²) in [4.78, 5) is 0. The quantitative estimate of drug-likeness (QED) is 0.776. The van der Waals surface area contributed by atoms with Crippen LogP contribution in [0.3, 0.4) is 0 Å². The molecule has 0 aliphatic carbocycles. The molecule has 1 aromatic rings. The molecular formula is C10H15NO3S. The van der Waals surface area contributed by atoms with Gasteiger partial charge in [-0.2, -0.15) is 0 Å². The van der Waals surface area contributed by atoms with Gasteiger partial charge in [0.2, 0.25) is 10.0 Å². The monoisotopic (exact) mass is 229 g/mol. The highest BCUT2D eigenvalue weighted by molar-refractivity contribution is 7.92. The van der Waals surface area contributed by atoms with Crippen molar-refractivity contribution in [3.05, 3.63) is 23.3 Å². The first kappa shape index (κ1) is 11.8. The molecule has 0 amide bonds. The molecule has 0 unspecified atom stereocenters. The van der Waals surface area contributed by atoms with E-state index in [2.05, 4.69) is 4.72 Å². The molecule has 0 aliphatic heterocycles. The van der Waals surface area contributed by atoms with Crippen molar-refractivity contribution in [1.82, 2.24) is 0 Å². The molecule has 0 atom stereocenters. The van der Waals surface area contributed by atoms with Crippen LogP contribution < -0.4 is 4.72 Å². The molecule has 0 fully saturated rings. The Labute approximate surface area is 90.0 Å². The Bertz CT molecular complexity index is 443. The number of rotatable bonds is 3. The lowest BCUT2D eigenvalue weighted by molar-refractivity contribution is 0.467. The minimum atomic E-state index is -3.25. The van der Waals surface area contributed by atoms with E-state index in [-0.39, 0.29) is 11.5 Å². The SMILES string of the molecule is CCS(=O)(=O)Nc1cc(C)c(O)c(C)c1. The van der Waals surface area contributed by atoms with Gasteiger partial charge in [-0.1, -0.05) is 0 Å². The number of hydrogen-bond acceptors (Lipinski definition) is 3. The lowest BCUT2D eigenvalue weighted by Gasteiger charge is -2.09. The third-order valence-electron chi connectivity index (χ3n) is 2.14. The topological polar surface area (TPSA) is 66.4 Å². The van der Waals surface area contributed by atoms with Gasteiger partial charge in [-0.05, 0) is 44.0 Å². The second-order valence-corrected chi connectivity index (χ2v) is 5.48. The molecule has 4 nitrogen and oxygen atoms in total. The highest BCUT2D eigenvalue weighted by Gasteiger charge is 2.09. The Hall–Kier alpha value is -1.23. The molecule has 5 heteroatoms. The van der Waals surface area contributed by atoms with Gasteiger partial charge in [0.25, 0.3) is 0 Å². The van der Waals surface area contributed by atoms with Gasteiger partial charge in [0.1, 0.15) is 5.75 Å². The van der Waals surface area contributed by atoms with Crippen molar-refractivity contribution >= 4 is 15.7 Å². The van der Waals surface area contributed by atoms with Crippen molar-refractivity contribution in [1.29, 1.82) is 0 Å². The maximum absolute atomic E-state index is 11.3. The number of nitrogens with one attached hydrogen (secondary N) is 1. The zero-order chi connectivity index (χ0) is 11.6. The van der Waals surface area contributed by atoms with E-state index in [1.54, 1.807) is 32.9 Å². The van der Waals surface area contributed by atoms with Crippen LogP contribution >= 0.6 is 0 Å². The standard InChI is InChI=1S/C10H15NO3S/c1-4-15(13,14)11-9-5-7(2)10(12)8(3)6-9/h5-6,11-12H,4H2,1-3H3. The van der Waals surface area contributed by atoms with Gasteiger partial charge in [0.05, 0.1) is 5.75 Å². The van der Waals surface area contributed by atoms with Gasteiger partial charge >= 0.3 is 0 Å². The zero-order valence-corrected chi connectivity index (χ0v) is 9.85. The summed E-state index contributed by atoms with van der Waals surface area (Å²) in [6, 6.07) is 3.21. The molecule has 2 N–H and O–H groups in total. The summed E-state index contributed by atoms with van der Waals surface area (Å²) in [5, 5.41) is 9.51. The molecule has 0 saturated heterocycles. The number of sulfonamides is 1. The van der Waals surface area contributed by atoms with Gasteiger partial charge < -0.3 is 5.11 Å². The van der Waals surface area contributed by atoms with Crippen LogP contribution in [0.25, 0.3) is 0 Å². The number of phenolic OH excluding ortho intramolecular Hbond substituents is 1. The van der Waals surface area contributed by atoms with E-state index >= 15 is 0 Å². The molecule has 1 aromatic carbocycles. The number of aryl methyl sites for hydroxylation is 2. The highest BCUT2D eigenvalue weighted by Crippen LogP contribution is 2.25. The number of hydrogen-bond donors (Lipinski definition) is 2. The number of benzene rings is 1. The zero-order valence-electron chi connectivity index (χ0n) is 9.03. The lowest BCUT2D eigenvalue weighted by atomic mass is 10.1. The van der Waals surface area contributed by atoms with Crippen LogP contribution in [0, 0.1) is 13.8 Å². The van der Waals surface area contributed by atoms with Gasteiger partial charge in [-0.3, -0.25) is 4.72 Å². The van der Waals surface area contributed by atoms with E-state index in [1.807, 2.05) is 0 Å². The molecule has 1 rings (SSSR count). The third kappa shape index (κ3) is 2.86. The van der Waals surface area contributed by atoms with Crippen molar-refractivity contribution in [2.45, 2.75) is 20.8 Å². The summed E-state index contributed by atoms with van der Waals surface area (Å²) in [5.74, 6) is 0.237. The van der Waals surface area contributed by atoms with Gasteiger partial charge in [0.15, 0.2) is 0 Å². The minimum Gasteiger partial charge on any atom is -0.507 e. The average molecular weight is 229 g/mol. The Morgan fingerprint density at radius 2 is 1.73 bits per heavy atom. The number of phenols is 1. The molecule has 84 valence electrons. The average Bonchev–Trinajstić information content (AvgIpc) is 2.13. The summed E-state index contributed by atoms with van der Waals surface area (Å²) in [5.41, 5.74) is 1.80. The second-order valence-electron chi connectivity index (χ2n) is 3.46. The van der Waals surface area contributed by atoms with E-state index in [9.17, 15) is 13.5 Å². The predicted octanol–water partition coefficient (Wildman–Crippen LogP) is 1.77. The molecule has 0 heterocycles. The van der Waals surface area contributed by atoms with Crippen LogP contribution in [-0.4, -0.2) is 19.3 Å². The summed E-state index contributed by atoms with van der Waals surface area (Å²) >= 11 is 0. The smallest absolute Gasteiger partial charge is 0.232 e. The maximum atomic E-state index is 11.3. The minimum absolute atomic E-state index is 0.0337. The molecule has 0 radical (unpaired) electrons. The van der Waals surface area contributed by atoms with E-state index in [4.69, 9.17) is 0 Å². The van der Waals surface area contributed by atoms with Crippen molar-refractivity contribution in [3.8, 4) is 5.75 Å². The Balaban J connectivity index is 3.08. The molecular weight excluding hydrogens is 214 g/mol. The predicted molar refractivity (Wildman–Crippen MR) is 60.7 cm³/mol. The largest absolute Gasteiger partial charge is 0.507 e. The molecule has 0 saturated carbocycles. The molecule has 0 aromatic heterocycles. The van der Waals surface area contributed by atoms with E-state index in [1.165, 1.54) is 0 Å². The van der Waals surface area contributed by atoms with Gasteiger partial charge in [0, 0.05) is 5.69 Å². The van der Waals surface area contributed by atoms with Gasteiger partial charge in [-0.15, -0.1) is 0 Å². The third-order valence-corrected chi connectivity index (χ3v) is 3.45. The van der Waals surface area contributed by atoms with E-state index in [0.717, 1.165) is 0 Å². The van der Waals surface area contributed by atoms with Crippen molar-refractivity contribution in [2.24, 2.45) is 0 Å². The molecule has 15 heavy (non-hydrogen) atoms. The molecule has 0 bridgehead atoms.